The van der Waals surface area contributed by atoms with Crippen LogP contribution >= 0.6 is 0 Å². The van der Waals surface area contributed by atoms with Crippen molar-refractivity contribution in [1.82, 2.24) is 10.1 Å². The summed E-state index contributed by atoms with van der Waals surface area (Å²) in [6.45, 7) is -3.01. The van der Waals surface area contributed by atoms with Crippen LogP contribution in [0.1, 0.15) is 29.2 Å². The molecule has 6 nitrogen and oxygen atoms in total. The molecule has 4 rings (SSSR count). The van der Waals surface area contributed by atoms with Gasteiger partial charge in [-0.3, -0.25) is 0 Å². The van der Waals surface area contributed by atoms with E-state index >= 15 is 0 Å². The third kappa shape index (κ3) is 3.13. The average molecular weight is 368 g/mol. The predicted octanol–water partition coefficient (Wildman–Crippen LogP) is 3.82. The smallest absolute Gasteiger partial charge is 0.387 e. The lowest BCUT2D eigenvalue weighted by Crippen LogP contribution is -2.05. The zero-order valence-corrected chi connectivity index (χ0v) is 14.0. The monoisotopic (exact) mass is 368 g/mol. The Bertz CT molecular complexity index is 1040. The number of fused-ring (bicyclic) bond motifs is 1. The first-order valence-electron chi connectivity index (χ1n) is 8.27. The number of hydrogen-bond donors (Lipinski definition) is 1. The Labute approximate surface area is 153 Å². The van der Waals surface area contributed by atoms with Crippen LogP contribution in [-0.2, 0) is 6.42 Å². The SMILES string of the molecule is N#Cc1cc(-c2nc(-c3cccc4c3CC[C@@H]4N)no2)ccc1OC(F)F. The van der Waals surface area contributed by atoms with Crippen molar-refractivity contribution in [1.29, 1.82) is 5.26 Å². The predicted molar refractivity (Wildman–Crippen MR) is 91.8 cm³/mol. The van der Waals surface area contributed by atoms with Gasteiger partial charge in [0.1, 0.15) is 11.8 Å². The summed E-state index contributed by atoms with van der Waals surface area (Å²) in [4.78, 5) is 4.40. The molecule has 1 aliphatic carbocycles. The van der Waals surface area contributed by atoms with Gasteiger partial charge in [0, 0.05) is 17.2 Å². The maximum absolute atomic E-state index is 12.4. The topological polar surface area (TPSA) is 98.0 Å². The molecule has 0 amide bonds. The molecule has 0 fully saturated rings. The first kappa shape index (κ1) is 17.1. The van der Waals surface area contributed by atoms with E-state index in [-0.39, 0.29) is 23.2 Å². The second-order valence-corrected chi connectivity index (χ2v) is 6.14. The van der Waals surface area contributed by atoms with Crippen LogP contribution in [0.4, 0.5) is 8.78 Å². The summed E-state index contributed by atoms with van der Waals surface area (Å²) < 4.78 is 34.5. The van der Waals surface area contributed by atoms with Crippen LogP contribution in [0, 0.1) is 11.3 Å². The molecular formula is C19H14F2N4O2. The minimum atomic E-state index is -3.01. The molecule has 0 saturated heterocycles. The van der Waals surface area contributed by atoms with Crippen molar-refractivity contribution in [2.24, 2.45) is 5.73 Å². The maximum Gasteiger partial charge on any atom is 0.387 e. The quantitative estimate of drug-likeness (QED) is 0.752. The van der Waals surface area contributed by atoms with E-state index in [1.807, 2.05) is 24.3 Å². The normalized spacial score (nSPS) is 15.6. The van der Waals surface area contributed by atoms with Crippen LogP contribution in [0.15, 0.2) is 40.9 Å². The molecule has 1 atom stereocenters. The van der Waals surface area contributed by atoms with Gasteiger partial charge in [-0.05, 0) is 42.2 Å². The number of hydrogen-bond acceptors (Lipinski definition) is 6. The second-order valence-electron chi connectivity index (χ2n) is 6.14. The molecule has 0 aliphatic heterocycles. The minimum Gasteiger partial charge on any atom is -0.433 e. The molecule has 0 saturated carbocycles. The van der Waals surface area contributed by atoms with E-state index in [0.29, 0.717) is 11.4 Å². The van der Waals surface area contributed by atoms with Gasteiger partial charge in [-0.1, -0.05) is 23.4 Å². The summed E-state index contributed by atoms with van der Waals surface area (Å²) >= 11 is 0. The van der Waals surface area contributed by atoms with Gasteiger partial charge in [0.05, 0.1) is 5.56 Å². The summed E-state index contributed by atoms with van der Waals surface area (Å²) in [5.74, 6) is 0.401. The van der Waals surface area contributed by atoms with E-state index < -0.39 is 6.61 Å². The highest BCUT2D eigenvalue weighted by molar-refractivity contribution is 5.67. The number of halogens is 2. The highest BCUT2D eigenvalue weighted by Gasteiger charge is 2.24. The number of ether oxygens (including phenoxy) is 1. The Balaban J connectivity index is 1.69. The molecule has 2 aromatic carbocycles. The van der Waals surface area contributed by atoms with Gasteiger partial charge in [-0.15, -0.1) is 0 Å². The fourth-order valence-corrected chi connectivity index (χ4v) is 3.30. The van der Waals surface area contributed by atoms with Gasteiger partial charge in [0.2, 0.25) is 5.82 Å². The standard InChI is InChI=1S/C19H14F2N4O2/c20-19(21)26-16-7-4-10(8-11(16)9-22)18-24-17(25-27-18)14-3-1-2-13-12(14)5-6-15(13)23/h1-4,7-8,15,19H,5-6,23H2/t15-/m0/s1. The summed E-state index contributed by atoms with van der Waals surface area (Å²) in [6, 6.07) is 11.8. The molecule has 8 heteroatoms. The van der Waals surface area contributed by atoms with Crippen LogP contribution in [0.3, 0.4) is 0 Å². The molecular weight excluding hydrogens is 354 g/mol. The van der Waals surface area contributed by atoms with Gasteiger partial charge >= 0.3 is 6.61 Å². The summed E-state index contributed by atoms with van der Waals surface area (Å²) in [6.07, 6.45) is 1.71. The van der Waals surface area contributed by atoms with Gasteiger partial charge < -0.3 is 15.0 Å². The first-order chi connectivity index (χ1) is 13.1. The highest BCUT2D eigenvalue weighted by Crippen LogP contribution is 2.36. The summed E-state index contributed by atoms with van der Waals surface area (Å²) in [7, 11) is 0. The van der Waals surface area contributed by atoms with Gasteiger partial charge in [-0.25, -0.2) is 0 Å². The van der Waals surface area contributed by atoms with Crippen LogP contribution in [0.25, 0.3) is 22.8 Å². The van der Waals surface area contributed by atoms with Crippen molar-refractivity contribution in [3.63, 3.8) is 0 Å². The van der Waals surface area contributed by atoms with Crippen LogP contribution in [0.5, 0.6) is 5.75 Å². The summed E-state index contributed by atoms with van der Waals surface area (Å²) in [5.41, 5.74) is 9.55. The molecule has 136 valence electrons. The van der Waals surface area contributed by atoms with E-state index in [4.69, 9.17) is 15.5 Å². The summed E-state index contributed by atoms with van der Waals surface area (Å²) in [5, 5.41) is 13.2. The number of nitrogens with zero attached hydrogens (tertiary/aromatic N) is 3. The Morgan fingerprint density at radius 2 is 2.15 bits per heavy atom. The van der Waals surface area contributed by atoms with Crippen LogP contribution in [-0.4, -0.2) is 16.8 Å². The fourth-order valence-electron chi connectivity index (χ4n) is 3.30. The molecule has 0 bridgehead atoms. The lowest BCUT2D eigenvalue weighted by molar-refractivity contribution is -0.0500. The zero-order valence-electron chi connectivity index (χ0n) is 14.0. The van der Waals surface area contributed by atoms with Crippen molar-refractivity contribution in [2.45, 2.75) is 25.5 Å². The maximum atomic E-state index is 12.4. The number of aromatic nitrogens is 2. The van der Waals surface area contributed by atoms with E-state index in [0.717, 1.165) is 29.5 Å². The van der Waals surface area contributed by atoms with Crippen molar-refractivity contribution >= 4 is 0 Å². The highest BCUT2D eigenvalue weighted by atomic mass is 19.3. The second kappa shape index (κ2) is 6.78. The Morgan fingerprint density at radius 3 is 2.93 bits per heavy atom. The van der Waals surface area contributed by atoms with Crippen LogP contribution in [0.2, 0.25) is 0 Å². The van der Waals surface area contributed by atoms with Gasteiger partial charge in [0.25, 0.3) is 5.89 Å². The van der Waals surface area contributed by atoms with Gasteiger partial charge in [0.15, 0.2) is 0 Å². The number of alkyl halides is 2. The lowest BCUT2D eigenvalue weighted by Gasteiger charge is -2.07. The molecule has 1 aromatic heterocycles. The van der Waals surface area contributed by atoms with E-state index in [1.165, 1.54) is 18.2 Å². The Morgan fingerprint density at radius 1 is 1.30 bits per heavy atom. The number of benzene rings is 2. The lowest BCUT2D eigenvalue weighted by atomic mass is 10.0. The number of rotatable bonds is 4. The van der Waals surface area contributed by atoms with Gasteiger partial charge in [-0.2, -0.15) is 19.0 Å². The van der Waals surface area contributed by atoms with E-state index in [2.05, 4.69) is 14.9 Å². The van der Waals surface area contributed by atoms with E-state index in [9.17, 15) is 8.78 Å². The molecule has 0 spiro atoms. The first-order valence-corrected chi connectivity index (χ1v) is 8.27. The fraction of sp³-hybridized carbons (Fsp3) is 0.211. The zero-order chi connectivity index (χ0) is 19.0. The van der Waals surface area contributed by atoms with E-state index in [1.54, 1.807) is 0 Å². The van der Waals surface area contributed by atoms with Crippen molar-refractivity contribution in [3.8, 4) is 34.7 Å². The number of nitrogens with two attached hydrogens (primary N) is 1. The molecule has 1 aliphatic rings. The van der Waals surface area contributed by atoms with Crippen molar-refractivity contribution in [3.05, 3.63) is 53.1 Å². The molecule has 3 aromatic rings. The molecule has 1 heterocycles. The molecule has 0 unspecified atom stereocenters. The van der Waals surface area contributed by atoms with Crippen molar-refractivity contribution in [2.75, 3.05) is 0 Å². The van der Waals surface area contributed by atoms with Crippen molar-refractivity contribution < 1.29 is 18.0 Å². The molecule has 0 radical (unpaired) electrons. The largest absolute Gasteiger partial charge is 0.433 e. The third-order valence-corrected chi connectivity index (χ3v) is 4.55. The molecule has 27 heavy (non-hydrogen) atoms. The average Bonchev–Trinajstić information content (AvgIpc) is 3.29. The van der Waals surface area contributed by atoms with Crippen LogP contribution < -0.4 is 10.5 Å². The number of nitriles is 1. The third-order valence-electron chi connectivity index (χ3n) is 4.55. The Hall–Kier alpha value is -3.31. The minimum absolute atomic E-state index is 0.00638. The Kier molecular flexibility index (Phi) is 4.30. The molecule has 2 N–H and O–H groups in total.